The Hall–Kier alpha value is -5.65. The highest BCUT2D eigenvalue weighted by Gasteiger charge is 2.27. The van der Waals surface area contributed by atoms with E-state index in [1.54, 1.807) is 12.1 Å². The van der Waals surface area contributed by atoms with Crippen molar-refractivity contribution in [3.8, 4) is 5.75 Å². The molecule has 64 heavy (non-hydrogen) atoms. The third-order valence-corrected chi connectivity index (χ3v) is 10.3. The van der Waals surface area contributed by atoms with Gasteiger partial charge in [-0.1, -0.05) is 81.2 Å². The van der Waals surface area contributed by atoms with Crippen molar-refractivity contribution >= 4 is 151 Å². The second-order valence-electron chi connectivity index (χ2n) is 13.4. The van der Waals surface area contributed by atoms with Crippen LogP contribution in [0.5, 0.6) is 5.75 Å². The van der Waals surface area contributed by atoms with Crippen molar-refractivity contribution in [3.63, 3.8) is 0 Å². The van der Waals surface area contributed by atoms with Gasteiger partial charge in [0.25, 0.3) is 23.6 Å². The van der Waals surface area contributed by atoms with Gasteiger partial charge in [0, 0.05) is 44.3 Å². The van der Waals surface area contributed by atoms with Crippen molar-refractivity contribution < 1.29 is 33.5 Å². The van der Waals surface area contributed by atoms with E-state index < -0.39 is 52.8 Å². The van der Waals surface area contributed by atoms with Crippen LogP contribution in [0.2, 0.25) is 30.1 Å². The zero-order valence-corrected chi connectivity index (χ0v) is 38.5. The molecule has 4 N–H and O–H groups in total. The number of ether oxygens (including phenoxy) is 1. The molecule has 5 rings (SSSR count). The number of benzene rings is 5. The number of hydrogen-bond donors (Lipinski definition) is 4. The molecule has 0 heterocycles. The summed E-state index contributed by atoms with van der Waals surface area (Å²) in [7, 11) is 0. The van der Waals surface area contributed by atoms with Crippen molar-refractivity contribution in [2.24, 2.45) is 20.5 Å². The maximum absolute atomic E-state index is 13.5. The lowest BCUT2D eigenvalue weighted by atomic mass is 10.1. The molecule has 3 atom stereocenters. The van der Waals surface area contributed by atoms with E-state index in [0.29, 0.717) is 21.4 Å². The average molecular weight is 1010 g/mol. The number of nitrogens with one attached hydrogen (secondary N) is 4. The van der Waals surface area contributed by atoms with Crippen LogP contribution in [0.1, 0.15) is 41.5 Å². The molecule has 0 aliphatic carbocycles. The van der Waals surface area contributed by atoms with Gasteiger partial charge in [-0.05, 0) is 106 Å². The summed E-state index contributed by atoms with van der Waals surface area (Å²) in [5.41, 5.74) is 0.142. The van der Waals surface area contributed by atoms with E-state index >= 15 is 0 Å². The molecule has 22 heteroatoms. The van der Waals surface area contributed by atoms with Crippen LogP contribution in [0.3, 0.4) is 0 Å². The van der Waals surface area contributed by atoms with Gasteiger partial charge in [-0.3, -0.25) is 28.8 Å². The lowest BCUT2D eigenvalue weighted by Gasteiger charge is -2.17. The van der Waals surface area contributed by atoms with E-state index in [4.69, 9.17) is 85.9 Å². The van der Waals surface area contributed by atoms with Crippen LogP contribution >= 0.6 is 81.2 Å². The van der Waals surface area contributed by atoms with Crippen molar-refractivity contribution in [1.29, 1.82) is 0 Å². The Morgan fingerprint density at radius 1 is 0.516 bits per heavy atom. The van der Waals surface area contributed by atoms with Crippen LogP contribution in [0, 0.1) is 0 Å². The Morgan fingerprint density at radius 3 is 1.36 bits per heavy atom. The fourth-order valence-electron chi connectivity index (χ4n) is 5.35. The van der Waals surface area contributed by atoms with E-state index in [1.807, 2.05) is 0 Å². The summed E-state index contributed by atoms with van der Waals surface area (Å²) in [5, 5.41) is 27.6. The minimum absolute atomic E-state index is 0.0173. The molecule has 0 spiro atoms. The van der Waals surface area contributed by atoms with Crippen LogP contribution in [0.25, 0.3) is 0 Å². The highest BCUT2D eigenvalue weighted by molar-refractivity contribution is 6.42. The molecule has 0 bridgehead atoms. The third kappa shape index (κ3) is 13.9. The lowest BCUT2D eigenvalue weighted by Crippen LogP contribution is -2.32. The molecule has 5 aromatic rings. The number of azo groups is 2. The van der Waals surface area contributed by atoms with Crippen LogP contribution < -0.4 is 26.0 Å². The van der Waals surface area contributed by atoms with Crippen LogP contribution in [-0.4, -0.2) is 52.8 Å². The van der Waals surface area contributed by atoms with Crippen LogP contribution in [0.15, 0.2) is 111 Å². The first-order valence-corrected chi connectivity index (χ1v) is 21.0. The highest BCUT2D eigenvalue weighted by Crippen LogP contribution is 2.32. The monoisotopic (exact) mass is 1000 g/mol. The smallest absolute Gasteiger partial charge is 0.258 e. The summed E-state index contributed by atoms with van der Waals surface area (Å²) in [4.78, 5) is 78.0. The number of halogens is 7. The minimum Gasteiger partial charge on any atom is -0.473 e. The van der Waals surface area contributed by atoms with Gasteiger partial charge in [-0.25, -0.2) is 0 Å². The maximum atomic E-state index is 13.5. The predicted octanol–water partition coefficient (Wildman–Crippen LogP) is 12.4. The van der Waals surface area contributed by atoms with Gasteiger partial charge < -0.3 is 26.0 Å². The molecule has 4 amide bonds. The van der Waals surface area contributed by atoms with Crippen molar-refractivity contribution in [1.82, 2.24) is 0 Å². The van der Waals surface area contributed by atoms with Crippen molar-refractivity contribution in [3.05, 3.63) is 132 Å². The van der Waals surface area contributed by atoms with Gasteiger partial charge >= 0.3 is 0 Å². The number of alkyl halides is 1. The minimum atomic E-state index is -1.68. The first-order chi connectivity index (χ1) is 30.3. The topological polar surface area (TPSA) is 209 Å². The molecule has 0 aliphatic rings. The molecular weight excluding hydrogens is 977 g/mol. The largest absolute Gasteiger partial charge is 0.473 e. The summed E-state index contributed by atoms with van der Waals surface area (Å²) in [6, 6.07) is 17.9. The molecule has 0 aliphatic heterocycles. The van der Waals surface area contributed by atoms with Gasteiger partial charge in [0.05, 0.1) is 37.2 Å². The fraction of sp³-hybridized carbons (Fsp3) is 0.143. The average Bonchev–Trinajstić information content (AvgIpc) is 3.21. The summed E-state index contributed by atoms with van der Waals surface area (Å²) >= 11 is 42.6. The van der Waals surface area contributed by atoms with Crippen molar-refractivity contribution in [2.75, 3.05) is 21.3 Å². The number of rotatable bonds is 16. The summed E-state index contributed by atoms with van der Waals surface area (Å²) in [6.45, 7) is 3.74. The quantitative estimate of drug-likeness (QED) is 0.0426. The standard InChI is InChI=1S/C42H31Cl7N8O7/c1-19(58)37(56-54-29-12-22(10-24(44)14-29)39(60)50-26-4-7-31(46)33(48)16-26)41(62)52-28-6-9-35(36(18-28)64-21(3)43)53-42(63)38(20(2)59)57-55-30-13-23(11-25(45)15-30)40(61)51-27-5-8-32(47)34(49)17-27/h4-18,21,37-38H,1-3H3,(H,50,60)(H,51,61)(H,52,62)(H,53,63). The molecule has 0 saturated carbocycles. The highest BCUT2D eigenvalue weighted by atomic mass is 35.5. The van der Waals surface area contributed by atoms with E-state index in [9.17, 15) is 28.8 Å². The Labute approximate surface area is 399 Å². The van der Waals surface area contributed by atoms with E-state index in [1.165, 1.54) is 85.8 Å². The molecule has 0 aromatic heterocycles. The van der Waals surface area contributed by atoms with Gasteiger partial charge in [0.2, 0.25) is 12.1 Å². The van der Waals surface area contributed by atoms with Gasteiger partial charge in [0.15, 0.2) is 17.1 Å². The molecule has 5 aromatic carbocycles. The number of hydrogen-bond acceptors (Lipinski definition) is 11. The molecular formula is C42H31Cl7N8O7. The number of carbonyl (C=O) groups is 6. The maximum Gasteiger partial charge on any atom is 0.258 e. The van der Waals surface area contributed by atoms with Crippen molar-refractivity contribution in [2.45, 2.75) is 38.4 Å². The van der Waals surface area contributed by atoms with E-state index in [2.05, 4.69) is 41.7 Å². The molecule has 3 unspecified atom stereocenters. The molecule has 0 saturated heterocycles. The number of ketones is 2. The van der Waals surface area contributed by atoms with Gasteiger partial charge in [0.1, 0.15) is 5.75 Å². The first-order valence-electron chi connectivity index (χ1n) is 18.3. The Morgan fingerprint density at radius 2 is 0.938 bits per heavy atom. The van der Waals surface area contributed by atoms with Crippen LogP contribution in [-0.2, 0) is 19.2 Å². The lowest BCUT2D eigenvalue weighted by molar-refractivity contribution is -0.127. The summed E-state index contributed by atoms with van der Waals surface area (Å²) < 4.78 is 5.67. The normalized spacial score (nSPS) is 12.6. The first kappa shape index (κ1) is 49.4. The molecule has 0 radical (unpaired) electrons. The number of amides is 4. The Bertz CT molecular complexity index is 2740. The third-order valence-electron chi connectivity index (χ3n) is 8.28. The SMILES string of the molecule is CC(=O)C(N=Nc1cc(Cl)cc(C(=O)Nc2ccc(Cl)c(Cl)c2)c1)C(=O)Nc1ccc(NC(=O)C(N=Nc2cc(Cl)cc(C(=O)Nc3ccc(Cl)c(Cl)c3)c2)C(C)=O)c(OC(C)Cl)c1. The number of nitrogens with zero attached hydrogens (tertiary/aromatic N) is 4. The molecule has 330 valence electrons. The second-order valence-corrected chi connectivity index (χ2v) is 16.5. The Kier molecular flexibility index (Phi) is 17.2. The molecule has 0 fully saturated rings. The Balaban J connectivity index is 1.29. The second kappa shape index (κ2) is 22.3. The van der Waals surface area contributed by atoms with Gasteiger partial charge in [-0.15, -0.1) is 0 Å². The number of Topliss-reactive ketones (excluding diaryl/α,β-unsaturated/α-hetero) is 2. The number of carbonyl (C=O) groups excluding carboxylic acids is 6. The summed E-state index contributed by atoms with van der Waals surface area (Å²) in [5.74, 6) is -4.38. The molecule has 15 nitrogen and oxygen atoms in total. The van der Waals surface area contributed by atoms with Gasteiger partial charge in [-0.2, -0.15) is 20.5 Å². The van der Waals surface area contributed by atoms with Crippen LogP contribution in [0.4, 0.5) is 34.1 Å². The fourth-order valence-corrected chi connectivity index (χ4v) is 6.50. The predicted molar refractivity (Wildman–Crippen MR) is 249 cm³/mol. The zero-order valence-electron chi connectivity index (χ0n) is 33.2. The van der Waals surface area contributed by atoms with E-state index in [0.717, 1.165) is 13.8 Å². The summed E-state index contributed by atoms with van der Waals surface area (Å²) in [6.07, 6.45) is 0. The van der Waals surface area contributed by atoms with E-state index in [-0.39, 0.29) is 59.7 Å². The zero-order chi connectivity index (χ0) is 46.8. The number of anilines is 4.